The molecule has 78 valence electrons. The zero-order valence-electron chi connectivity index (χ0n) is 8.90. The van der Waals surface area contributed by atoms with Crippen molar-refractivity contribution in [3.8, 4) is 0 Å². The van der Waals surface area contributed by atoms with E-state index in [4.69, 9.17) is 10.2 Å². The first-order valence-corrected chi connectivity index (χ1v) is 4.86. The molecule has 3 nitrogen and oxygen atoms in total. The first kappa shape index (κ1) is 9.77. The van der Waals surface area contributed by atoms with Crippen molar-refractivity contribution in [3.05, 3.63) is 48.2 Å². The van der Waals surface area contributed by atoms with Crippen LogP contribution in [0.1, 0.15) is 25.2 Å². The molecule has 0 radical (unpaired) electrons. The van der Waals surface area contributed by atoms with Crippen LogP contribution in [0.15, 0.2) is 41.3 Å². The highest BCUT2D eigenvalue weighted by atomic mass is 16.3. The number of hydrogen-bond acceptors (Lipinski definition) is 3. The topological polar surface area (TPSA) is 52.0 Å². The van der Waals surface area contributed by atoms with Gasteiger partial charge >= 0.3 is 0 Å². The molecule has 0 amide bonds. The molecule has 0 saturated carbocycles. The molecule has 0 unspecified atom stereocenters. The van der Waals surface area contributed by atoms with Crippen LogP contribution in [0.4, 0.5) is 5.69 Å². The van der Waals surface area contributed by atoms with Gasteiger partial charge in [-0.05, 0) is 25.5 Å². The first-order valence-electron chi connectivity index (χ1n) is 4.86. The van der Waals surface area contributed by atoms with Gasteiger partial charge in [0.2, 0.25) is 0 Å². The van der Waals surface area contributed by atoms with Crippen molar-refractivity contribution in [2.24, 2.45) is 0 Å². The quantitative estimate of drug-likeness (QED) is 0.761. The van der Waals surface area contributed by atoms with Crippen LogP contribution in [0.3, 0.4) is 0 Å². The summed E-state index contributed by atoms with van der Waals surface area (Å²) in [5.74, 6) is 0.820. The van der Waals surface area contributed by atoms with E-state index in [1.807, 2.05) is 24.3 Å². The molecule has 0 aliphatic heterocycles. The van der Waals surface area contributed by atoms with E-state index in [0.29, 0.717) is 0 Å². The second-order valence-corrected chi connectivity index (χ2v) is 4.08. The lowest BCUT2D eigenvalue weighted by molar-refractivity contribution is 0.428. The number of anilines is 1. The van der Waals surface area contributed by atoms with Crippen molar-refractivity contribution in [1.29, 1.82) is 0 Å². The summed E-state index contributed by atoms with van der Waals surface area (Å²) in [7, 11) is 0. The standard InChI is InChI=1S/C12H14N2O/c1-12(2,11-7-14-8-15-11)9-5-3-4-6-10(9)13/h3-8H,13H2,1-2H3. The van der Waals surface area contributed by atoms with Gasteiger partial charge in [0.05, 0.1) is 11.6 Å². The fourth-order valence-corrected chi connectivity index (χ4v) is 1.72. The number of hydrogen-bond donors (Lipinski definition) is 1. The highest BCUT2D eigenvalue weighted by molar-refractivity contribution is 5.52. The van der Waals surface area contributed by atoms with Gasteiger partial charge in [-0.15, -0.1) is 0 Å². The number of rotatable bonds is 2. The van der Waals surface area contributed by atoms with Crippen LogP contribution in [0.25, 0.3) is 0 Å². The number of para-hydroxylation sites is 1. The van der Waals surface area contributed by atoms with E-state index < -0.39 is 0 Å². The predicted molar refractivity (Wildman–Crippen MR) is 59.5 cm³/mol. The number of aromatic nitrogens is 1. The Morgan fingerprint density at radius 2 is 2.00 bits per heavy atom. The monoisotopic (exact) mass is 202 g/mol. The highest BCUT2D eigenvalue weighted by Crippen LogP contribution is 2.34. The Labute approximate surface area is 88.9 Å². The summed E-state index contributed by atoms with van der Waals surface area (Å²) in [6.07, 6.45) is 3.17. The van der Waals surface area contributed by atoms with Gasteiger partial charge < -0.3 is 10.2 Å². The molecule has 0 aliphatic rings. The lowest BCUT2D eigenvalue weighted by Gasteiger charge is -2.23. The summed E-state index contributed by atoms with van der Waals surface area (Å²) in [5.41, 5.74) is 7.54. The van der Waals surface area contributed by atoms with Crippen LogP contribution >= 0.6 is 0 Å². The average Bonchev–Trinajstić information content (AvgIpc) is 2.71. The Bertz CT molecular complexity index is 446. The Morgan fingerprint density at radius 3 is 2.60 bits per heavy atom. The Morgan fingerprint density at radius 1 is 1.27 bits per heavy atom. The molecule has 1 aromatic heterocycles. The molecule has 3 heteroatoms. The van der Waals surface area contributed by atoms with Gasteiger partial charge in [0.25, 0.3) is 0 Å². The third-order valence-electron chi connectivity index (χ3n) is 2.68. The van der Waals surface area contributed by atoms with Crippen molar-refractivity contribution in [2.45, 2.75) is 19.3 Å². The van der Waals surface area contributed by atoms with Crippen LogP contribution < -0.4 is 5.73 Å². The molecule has 15 heavy (non-hydrogen) atoms. The smallest absolute Gasteiger partial charge is 0.180 e. The highest BCUT2D eigenvalue weighted by Gasteiger charge is 2.28. The second-order valence-electron chi connectivity index (χ2n) is 4.08. The lowest BCUT2D eigenvalue weighted by Crippen LogP contribution is -2.19. The summed E-state index contributed by atoms with van der Waals surface area (Å²) < 4.78 is 5.34. The maximum absolute atomic E-state index is 5.95. The van der Waals surface area contributed by atoms with Crippen molar-refractivity contribution in [3.63, 3.8) is 0 Å². The number of oxazole rings is 1. The first-order chi connectivity index (χ1) is 7.12. The van der Waals surface area contributed by atoms with Crippen LogP contribution in [0.5, 0.6) is 0 Å². The van der Waals surface area contributed by atoms with Gasteiger partial charge in [-0.2, -0.15) is 0 Å². The van der Waals surface area contributed by atoms with Crippen LogP contribution in [-0.4, -0.2) is 4.98 Å². The van der Waals surface area contributed by atoms with Gasteiger partial charge in [0.1, 0.15) is 5.76 Å². The molecule has 2 rings (SSSR count). The van der Waals surface area contributed by atoms with E-state index in [9.17, 15) is 0 Å². The predicted octanol–water partition coefficient (Wildman–Crippen LogP) is 2.58. The SMILES string of the molecule is CC(C)(c1cnco1)c1ccccc1N. The van der Waals surface area contributed by atoms with Crippen molar-refractivity contribution in [1.82, 2.24) is 4.98 Å². The van der Waals surface area contributed by atoms with E-state index in [0.717, 1.165) is 17.0 Å². The fourth-order valence-electron chi connectivity index (χ4n) is 1.72. The van der Waals surface area contributed by atoms with E-state index in [1.165, 1.54) is 6.39 Å². The minimum absolute atomic E-state index is 0.248. The van der Waals surface area contributed by atoms with E-state index >= 15 is 0 Å². The number of nitrogen functional groups attached to an aromatic ring is 1. The number of nitrogens with two attached hydrogens (primary N) is 1. The largest absolute Gasteiger partial charge is 0.448 e. The molecule has 2 N–H and O–H groups in total. The fraction of sp³-hybridized carbons (Fsp3) is 0.250. The van der Waals surface area contributed by atoms with E-state index in [1.54, 1.807) is 6.20 Å². The van der Waals surface area contributed by atoms with Crippen molar-refractivity contribution < 1.29 is 4.42 Å². The minimum atomic E-state index is -0.248. The summed E-state index contributed by atoms with van der Waals surface area (Å²) in [6, 6.07) is 7.81. The molecule has 2 aromatic rings. The van der Waals surface area contributed by atoms with Gasteiger partial charge in [0.15, 0.2) is 6.39 Å². The van der Waals surface area contributed by atoms with Crippen LogP contribution in [0.2, 0.25) is 0 Å². The maximum Gasteiger partial charge on any atom is 0.180 e. The normalized spacial score (nSPS) is 11.6. The Balaban J connectivity index is 2.51. The van der Waals surface area contributed by atoms with Crippen molar-refractivity contribution in [2.75, 3.05) is 5.73 Å². The molecule has 0 atom stereocenters. The van der Waals surface area contributed by atoms with Gasteiger partial charge in [-0.25, -0.2) is 4.98 Å². The zero-order chi connectivity index (χ0) is 10.9. The molecule has 1 heterocycles. The Hall–Kier alpha value is -1.77. The van der Waals surface area contributed by atoms with Crippen LogP contribution in [-0.2, 0) is 5.41 Å². The number of nitrogens with zero attached hydrogens (tertiary/aromatic N) is 1. The molecular weight excluding hydrogens is 188 g/mol. The Kier molecular flexibility index (Phi) is 2.23. The van der Waals surface area contributed by atoms with Crippen LogP contribution in [0, 0.1) is 0 Å². The molecule has 0 fully saturated rings. The zero-order valence-corrected chi connectivity index (χ0v) is 8.90. The summed E-state index contributed by atoms with van der Waals surface area (Å²) >= 11 is 0. The molecule has 0 saturated heterocycles. The molecule has 0 spiro atoms. The summed E-state index contributed by atoms with van der Waals surface area (Å²) in [5, 5.41) is 0. The van der Waals surface area contributed by atoms with Gasteiger partial charge in [0, 0.05) is 5.69 Å². The third-order valence-corrected chi connectivity index (χ3v) is 2.68. The maximum atomic E-state index is 5.95. The summed E-state index contributed by atoms with van der Waals surface area (Å²) in [6.45, 7) is 4.14. The average molecular weight is 202 g/mol. The van der Waals surface area contributed by atoms with Crippen molar-refractivity contribution >= 4 is 5.69 Å². The molecular formula is C12H14N2O. The van der Waals surface area contributed by atoms with Gasteiger partial charge in [-0.3, -0.25) is 0 Å². The second kappa shape index (κ2) is 3.42. The number of benzene rings is 1. The third kappa shape index (κ3) is 1.61. The molecule has 0 aliphatic carbocycles. The van der Waals surface area contributed by atoms with E-state index in [-0.39, 0.29) is 5.41 Å². The molecule has 0 bridgehead atoms. The van der Waals surface area contributed by atoms with E-state index in [2.05, 4.69) is 18.8 Å². The lowest BCUT2D eigenvalue weighted by atomic mass is 9.82. The summed E-state index contributed by atoms with van der Waals surface area (Å²) in [4.78, 5) is 3.94. The minimum Gasteiger partial charge on any atom is -0.448 e. The van der Waals surface area contributed by atoms with Gasteiger partial charge in [-0.1, -0.05) is 18.2 Å². The molecule has 1 aromatic carbocycles.